The van der Waals surface area contributed by atoms with E-state index >= 15 is 0 Å². The maximum atomic E-state index is 10.1. The molecule has 0 radical (unpaired) electrons. The molecule has 1 aromatic rings. The molecule has 0 heterocycles. The largest absolute Gasteiger partial charge is 0.465 e. The summed E-state index contributed by atoms with van der Waals surface area (Å²) in [5.41, 5.74) is 7.29. The first kappa shape index (κ1) is 9.38. The van der Waals surface area contributed by atoms with Crippen molar-refractivity contribution in [3.05, 3.63) is 29.8 Å². The second kappa shape index (κ2) is 4.35. The third-order valence-electron chi connectivity index (χ3n) is 1.64. The van der Waals surface area contributed by atoms with Crippen LogP contribution in [0.5, 0.6) is 0 Å². The molecule has 0 saturated carbocycles. The number of carbonyl (C=O) groups is 1. The van der Waals surface area contributed by atoms with Crippen LogP contribution in [0.3, 0.4) is 0 Å². The quantitative estimate of drug-likeness (QED) is 0.609. The summed E-state index contributed by atoms with van der Waals surface area (Å²) < 4.78 is 0. The second-order valence-corrected chi connectivity index (χ2v) is 2.73. The van der Waals surface area contributed by atoms with Gasteiger partial charge in [0.15, 0.2) is 0 Å². The van der Waals surface area contributed by atoms with Crippen LogP contribution in [0.1, 0.15) is 5.56 Å². The molecule has 0 aromatic heterocycles. The van der Waals surface area contributed by atoms with Crippen LogP contribution in [0.15, 0.2) is 24.3 Å². The highest BCUT2D eigenvalue weighted by Crippen LogP contribution is 2.06. The Kier molecular flexibility index (Phi) is 3.14. The summed E-state index contributed by atoms with van der Waals surface area (Å²) >= 11 is 0. The van der Waals surface area contributed by atoms with E-state index in [-0.39, 0.29) is 0 Å². The Balaban J connectivity index is 2.41. The maximum Gasteiger partial charge on any atom is 0.404 e. The zero-order valence-corrected chi connectivity index (χ0v) is 7.16. The van der Waals surface area contributed by atoms with Crippen molar-refractivity contribution in [1.82, 2.24) is 5.32 Å². The first-order chi connectivity index (χ1) is 6.18. The van der Waals surface area contributed by atoms with Gasteiger partial charge in [0.1, 0.15) is 0 Å². The monoisotopic (exact) mass is 180 g/mol. The summed E-state index contributed by atoms with van der Waals surface area (Å²) in [7, 11) is 0. The molecule has 13 heavy (non-hydrogen) atoms. The van der Waals surface area contributed by atoms with Gasteiger partial charge in [-0.2, -0.15) is 0 Å². The Labute approximate surface area is 76.4 Å². The van der Waals surface area contributed by atoms with Gasteiger partial charge in [-0.25, -0.2) is 4.79 Å². The van der Waals surface area contributed by atoms with Crippen molar-refractivity contribution in [2.45, 2.75) is 6.42 Å². The van der Waals surface area contributed by atoms with Gasteiger partial charge >= 0.3 is 6.09 Å². The van der Waals surface area contributed by atoms with E-state index in [1.165, 1.54) is 0 Å². The van der Waals surface area contributed by atoms with Crippen LogP contribution in [0, 0.1) is 0 Å². The molecular weight excluding hydrogens is 168 g/mol. The molecule has 0 spiro atoms. The van der Waals surface area contributed by atoms with E-state index in [0.717, 1.165) is 5.56 Å². The lowest BCUT2D eigenvalue weighted by molar-refractivity contribution is 0.194. The topological polar surface area (TPSA) is 75.3 Å². The summed E-state index contributed by atoms with van der Waals surface area (Å²) in [5, 5.41) is 10.6. The second-order valence-electron chi connectivity index (χ2n) is 2.73. The lowest BCUT2D eigenvalue weighted by Crippen LogP contribution is -2.23. The molecule has 1 aromatic carbocycles. The predicted octanol–water partition coefficient (Wildman–Crippen LogP) is 1.08. The number of nitrogens with two attached hydrogens (primary N) is 1. The van der Waals surface area contributed by atoms with E-state index in [9.17, 15) is 4.79 Å². The number of carboxylic acid groups (broad SMARTS) is 1. The zero-order chi connectivity index (χ0) is 9.68. The van der Waals surface area contributed by atoms with Gasteiger partial charge in [0.25, 0.3) is 0 Å². The number of amides is 1. The van der Waals surface area contributed by atoms with Crippen molar-refractivity contribution >= 4 is 11.8 Å². The van der Waals surface area contributed by atoms with Crippen LogP contribution in [0.2, 0.25) is 0 Å². The Morgan fingerprint density at radius 2 is 2.31 bits per heavy atom. The molecule has 4 heteroatoms. The van der Waals surface area contributed by atoms with Crippen molar-refractivity contribution in [2.75, 3.05) is 12.3 Å². The minimum Gasteiger partial charge on any atom is -0.465 e. The van der Waals surface area contributed by atoms with Crippen molar-refractivity contribution in [2.24, 2.45) is 0 Å². The molecule has 0 aliphatic heterocycles. The average Bonchev–Trinajstić information content (AvgIpc) is 2.03. The van der Waals surface area contributed by atoms with Crippen LogP contribution in [0.25, 0.3) is 0 Å². The molecule has 1 amide bonds. The highest BCUT2D eigenvalue weighted by molar-refractivity contribution is 5.64. The molecular formula is C9H12N2O2. The number of rotatable bonds is 3. The van der Waals surface area contributed by atoms with E-state index in [4.69, 9.17) is 10.8 Å². The van der Waals surface area contributed by atoms with E-state index in [2.05, 4.69) is 5.32 Å². The highest BCUT2D eigenvalue weighted by atomic mass is 16.4. The summed E-state index contributed by atoms with van der Waals surface area (Å²) in [6.45, 7) is 0.415. The Morgan fingerprint density at radius 3 is 2.92 bits per heavy atom. The number of benzene rings is 1. The molecule has 1 rings (SSSR count). The molecule has 0 bridgehead atoms. The summed E-state index contributed by atoms with van der Waals surface area (Å²) in [6, 6.07) is 7.41. The minimum atomic E-state index is -0.996. The van der Waals surface area contributed by atoms with Crippen LogP contribution in [-0.2, 0) is 6.42 Å². The van der Waals surface area contributed by atoms with Gasteiger partial charge in [0.05, 0.1) is 0 Å². The van der Waals surface area contributed by atoms with Gasteiger partial charge in [0.2, 0.25) is 0 Å². The number of nitrogen functional groups attached to an aromatic ring is 1. The molecule has 0 fully saturated rings. The van der Waals surface area contributed by atoms with Gasteiger partial charge in [0, 0.05) is 12.2 Å². The number of hydrogen-bond donors (Lipinski definition) is 3. The molecule has 0 aliphatic rings. The summed E-state index contributed by atoms with van der Waals surface area (Å²) in [5.74, 6) is 0. The third-order valence-corrected chi connectivity index (χ3v) is 1.64. The standard InChI is InChI=1S/C9H12N2O2/c10-8-3-1-2-7(6-8)4-5-11-9(12)13/h1-3,6,11H,4-5,10H2,(H,12,13). The molecule has 0 unspecified atom stereocenters. The molecule has 70 valence electrons. The van der Waals surface area contributed by atoms with Crippen molar-refractivity contribution in [3.8, 4) is 0 Å². The SMILES string of the molecule is Nc1cccc(CCNC(=O)O)c1. The van der Waals surface area contributed by atoms with Crippen LogP contribution in [0.4, 0.5) is 10.5 Å². The van der Waals surface area contributed by atoms with Gasteiger partial charge in [-0.15, -0.1) is 0 Å². The minimum absolute atomic E-state index is 0.415. The summed E-state index contributed by atoms with van der Waals surface area (Å²) in [6.07, 6.45) is -0.332. The third kappa shape index (κ3) is 3.46. The Bertz CT molecular complexity index is 299. The maximum absolute atomic E-state index is 10.1. The lowest BCUT2D eigenvalue weighted by atomic mass is 10.1. The predicted molar refractivity (Wildman–Crippen MR) is 50.6 cm³/mol. The van der Waals surface area contributed by atoms with Gasteiger partial charge < -0.3 is 16.2 Å². The Morgan fingerprint density at radius 1 is 1.54 bits per heavy atom. The normalized spacial score (nSPS) is 9.54. The number of nitrogens with one attached hydrogen (secondary N) is 1. The van der Waals surface area contributed by atoms with E-state index < -0.39 is 6.09 Å². The van der Waals surface area contributed by atoms with Gasteiger partial charge in [-0.1, -0.05) is 12.1 Å². The van der Waals surface area contributed by atoms with Crippen LogP contribution < -0.4 is 11.1 Å². The first-order valence-corrected chi connectivity index (χ1v) is 3.99. The summed E-state index contributed by atoms with van der Waals surface area (Å²) in [4.78, 5) is 10.1. The van der Waals surface area contributed by atoms with E-state index in [1.54, 1.807) is 6.07 Å². The van der Waals surface area contributed by atoms with Crippen molar-refractivity contribution in [3.63, 3.8) is 0 Å². The van der Waals surface area contributed by atoms with Crippen LogP contribution >= 0.6 is 0 Å². The van der Waals surface area contributed by atoms with E-state index in [1.807, 2.05) is 18.2 Å². The lowest BCUT2D eigenvalue weighted by Gasteiger charge is -2.02. The fourth-order valence-corrected chi connectivity index (χ4v) is 1.06. The zero-order valence-electron chi connectivity index (χ0n) is 7.16. The van der Waals surface area contributed by atoms with Crippen molar-refractivity contribution < 1.29 is 9.90 Å². The fourth-order valence-electron chi connectivity index (χ4n) is 1.06. The van der Waals surface area contributed by atoms with Gasteiger partial charge in [-0.05, 0) is 24.1 Å². The molecule has 4 nitrogen and oxygen atoms in total. The molecule has 0 aliphatic carbocycles. The molecule has 0 atom stereocenters. The average molecular weight is 180 g/mol. The van der Waals surface area contributed by atoms with Gasteiger partial charge in [-0.3, -0.25) is 0 Å². The highest BCUT2D eigenvalue weighted by Gasteiger charge is 1.95. The fraction of sp³-hybridized carbons (Fsp3) is 0.222. The first-order valence-electron chi connectivity index (χ1n) is 3.99. The number of hydrogen-bond acceptors (Lipinski definition) is 2. The Hall–Kier alpha value is -1.71. The smallest absolute Gasteiger partial charge is 0.404 e. The van der Waals surface area contributed by atoms with Crippen molar-refractivity contribution in [1.29, 1.82) is 0 Å². The molecule has 0 saturated heterocycles. The molecule has 4 N–H and O–H groups in total. The van der Waals surface area contributed by atoms with E-state index in [0.29, 0.717) is 18.7 Å². The number of anilines is 1. The van der Waals surface area contributed by atoms with Crippen LogP contribution in [-0.4, -0.2) is 17.7 Å².